The fraction of sp³-hybridized carbons (Fsp3) is 0.0455. The Balaban J connectivity index is 1.77. The van der Waals surface area contributed by atoms with Crippen LogP contribution in [0, 0.1) is 0 Å². The van der Waals surface area contributed by atoms with Gasteiger partial charge in [-0.15, -0.1) is 0 Å². The van der Waals surface area contributed by atoms with Crippen LogP contribution < -0.4 is 0 Å². The van der Waals surface area contributed by atoms with E-state index in [0.29, 0.717) is 28.0 Å². The largest absolute Gasteiger partial charge is 0.465 e. The number of benzene rings is 3. The number of para-hydroxylation sites is 1. The molecule has 5 nitrogen and oxygen atoms in total. The van der Waals surface area contributed by atoms with Crippen molar-refractivity contribution in [2.75, 3.05) is 7.11 Å². The minimum atomic E-state index is -0.433. The van der Waals surface area contributed by atoms with Crippen LogP contribution in [0.2, 0.25) is 0 Å². The maximum Gasteiger partial charge on any atom is 0.340 e. The SMILES string of the molecule is COC(=O)c1cccc2[nH]c(-c3cccc4c3-c3ccccc3C4=O)nc12. The third kappa shape index (κ3) is 2.15. The van der Waals surface area contributed by atoms with Crippen LogP contribution >= 0.6 is 0 Å². The number of imidazole rings is 1. The highest BCUT2D eigenvalue weighted by atomic mass is 16.5. The summed E-state index contributed by atoms with van der Waals surface area (Å²) in [7, 11) is 1.35. The van der Waals surface area contributed by atoms with E-state index >= 15 is 0 Å². The number of hydrogen-bond acceptors (Lipinski definition) is 4. The number of rotatable bonds is 2. The van der Waals surface area contributed by atoms with Crippen molar-refractivity contribution in [3.63, 3.8) is 0 Å². The van der Waals surface area contributed by atoms with E-state index < -0.39 is 5.97 Å². The second-order valence-corrected chi connectivity index (χ2v) is 6.38. The summed E-state index contributed by atoms with van der Waals surface area (Å²) in [5, 5.41) is 0. The number of carbonyl (C=O) groups excluding carboxylic acids is 2. The molecule has 130 valence electrons. The summed E-state index contributed by atoms with van der Waals surface area (Å²) in [5.41, 5.74) is 5.67. The Kier molecular flexibility index (Phi) is 3.24. The summed E-state index contributed by atoms with van der Waals surface area (Å²) in [5.74, 6) is 0.203. The van der Waals surface area contributed by atoms with Crippen LogP contribution in [-0.4, -0.2) is 28.8 Å². The van der Waals surface area contributed by atoms with E-state index in [0.717, 1.165) is 22.2 Å². The van der Waals surface area contributed by atoms with Crippen LogP contribution in [0.1, 0.15) is 26.3 Å². The van der Waals surface area contributed by atoms with Crippen LogP contribution in [0.4, 0.5) is 0 Å². The summed E-state index contributed by atoms with van der Waals surface area (Å²) in [6.45, 7) is 0. The molecule has 0 spiro atoms. The van der Waals surface area contributed by atoms with Gasteiger partial charge < -0.3 is 9.72 Å². The Morgan fingerprint density at radius 2 is 1.59 bits per heavy atom. The quantitative estimate of drug-likeness (QED) is 0.482. The molecular formula is C22H14N2O3. The van der Waals surface area contributed by atoms with E-state index in [1.165, 1.54) is 7.11 Å². The Hall–Kier alpha value is -3.73. The molecule has 0 radical (unpaired) electrons. The monoisotopic (exact) mass is 354 g/mol. The van der Waals surface area contributed by atoms with Gasteiger partial charge >= 0.3 is 5.97 Å². The summed E-state index contributed by atoms with van der Waals surface area (Å²) < 4.78 is 4.86. The lowest BCUT2D eigenvalue weighted by molar-refractivity contribution is 0.0602. The maximum absolute atomic E-state index is 12.7. The third-order valence-corrected chi connectivity index (χ3v) is 4.92. The lowest BCUT2D eigenvalue weighted by Crippen LogP contribution is -2.01. The standard InChI is InChI=1S/C22H14N2O3/c1-27-22(26)16-10-5-11-17-19(16)24-21(23-17)15-9-4-8-14-18(15)12-6-2-3-7-13(12)20(14)25/h2-11H,1H3,(H,23,24). The topological polar surface area (TPSA) is 72.1 Å². The first-order chi connectivity index (χ1) is 13.2. The highest BCUT2D eigenvalue weighted by molar-refractivity contribution is 6.23. The predicted octanol–water partition coefficient (Wildman–Crippen LogP) is 4.23. The van der Waals surface area contributed by atoms with Crippen molar-refractivity contribution in [1.29, 1.82) is 0 Å². The van der Waals surface area contributed by atoms with Gasteiger partial charge in [-0.05, 0) is 17.7 Å². The van der Waals surface area contributed by atoms with Crippen molar-refractivity contribution < 1.29 is 14.3 Å². The predicted molar refractivity (Wildman–Crippen MR) is 102 cm³/mol. The average molecular weight is 354 g/mol. The molecule has 0 aliphatic heterocycles. The molecule has 1 aliphatic carbocycles. The maximum atomic E-state index is 12.7. The van der Waals surface area contributed by atoms with Gasteiger partial charge in [0.1, 0.15) is 11.3 Å². The van der Waals surface area contributed by atoms with Crippen LogP contribution in [0.3, 0.4) is 0 Å². The van der Waals surface area contributed by atoms with Crippen molar-refractivity contribution in [3.05, 3.63) is 77.4 Å². The molecule has 0 bridgehead atoms. The first-order valence-electron chi connectivity index (χ1n) is 8.53. The van der Waals surface area contributed by atoms with Gasteiger partial charge in [0, 0.05) is 22.3 Å². The van der Waals surface area contributed by atoms with Crippen LogP contribution in [0.15, 0.2) is 60.7 Å². The number of H-pyrrole nitrogens is 1. The van der Waals surface area contributed by atoms with E-state index in [9.17, 15) is 9.59 Å². The van der Waals surface area contributed by atoms with Gasteiger partial charge in [-0.1, -0.05) is 48.5 Å². The second-order valence-electron chi connectivity index (χ2n) is 6.38. The zero-order chi connectivity index (χ0) is 18.5. The average Bonchev–Trinajstić information content (AvgIpc) is 3.27. The Morgan fingerprint density at radius 1 is 0.889 bits per heavy atom. The number of esters is 1. The molecule has 4 aromatic rings. The molecule has 0 saturated heterocycles. The highest BCUT2D eigenvalue weighted by Gasteiger charge is 2.29. The number of carbonyl (C=O) groups is 2. The third-order valence-electron chi connectivity index (χ3n) is 4.92. The van der Waals surface area contributed by atoms with Crippen LogP contribution in [0.5, 0.6) is 0 Å². The van der Waals surface area contributed by atoms with Crippen LogP contribution in [0.25, 0.3) is 33.5 Å². The first-order valence-corrected chi connectivity index (χ1v) is 8.53. The van der Waals surface area contributed by atoms with Gasteiger partial charge in [0.2, 0.25) is 0 Å². The number of aromatic amines is 1. The fourth-order valence-corrected chi connectivity index (χ4v) is 3.71. The Morgan fingerprint density at radius 3 is 2.41 bits per heavy atom. The number of methoxy groups -OCH3 is 1. The lowest BCUT2D eigenvalue weighted by Gasteiger charge is -2.06. The summed E-state index contributed by atoms with van der Waals surface area (Å²) in [4.78, 5) is 32.7. The number of ether oxygens (including phenoxy) is 1. The number of fused-ring (bicyclic) bond motifs is 4. The van der Waals surface area contributed by atoms with Gasteiger partial charge in [0.05, 0.1) is 18.2 Å². The van der Waals surface area contributed by atoms with Gasteiger partial charge in [-0.25, -0.2) is 9.78 Å². The number of hydrogen-bond donors (Lipinski definition) is 1. The fourth-order valence-electron chi connectivity index (χ4n) is 3.71. The number of nitrogens with one attached hydrogen (secondary N) is 1. The molecule has 1 aromatic heterocycles. The number of aromatic nitrogens is 2. The van der Waals surface area contributed by atoms with Gasteiger partial charge in [0.15, 0.2) is 5.78 Å². The summed E-state index contributed by atoms with van der Waals surface area (Å²) in [6.07, 6.45) is 0. The van der Waals surface area contributed by atoms with E-state index in [1.807, 2.05) is 48.5 Å². The number of nitrogens with zero attached hydrogens (tertiary/aromatic N) is 1. The molecule has 3 aromatic carbocycles. The Labute approximate surface area is 154 Å². The van der Waals surface area contributed by atoms with Crippen molar-refractivity contribution in [2.24, 2.45) is 0 Å². The van der Waals surface area contributed by atoms with Crippen LogP contribution in [-0.2, 0) is 4.74 Å². The smallest absolute Gasteiger partial charge is 0.340 e. The van der Waals surface area contributed by atoms with Crippen molar-refractivity contribution >= 4 is 22.8 Å². The highest BCUT2D eigenvalue weighted by Crippen LogP contribution is 2.42. The van der Waals surface area contributed by atoms with E-state index in [2.05, 4.69) is 9.97 Å². The molecule has 0 fully saturated rings. The molecule has 0 saturated carbocycles. The van der Waals surface area contributed by atoms with Crippen molar-refractivity contribution in [2.45, 2.75) is 0 Å². The molecule has 5 heteroatoms. The lowest BCUT2D eigenvalue weighted by atomic mass is 9.99. The molecule has 1 N–H and O–H groups in total. The molecule has 1 aliphatic rings. The van der Waals surface area contributed by atoms with Crippen molar-refractivity contribution in [1.82, 2.24) is 9.97 Å². The van der Waals surface area contributed by atoms with Gasteiger partial charge in [0.25, 0.3) is 0 Å². The van der Waals surface area contributed by atoms with E-state index in [-0.39, 0.29) is 5.78 Å². The first kappa shape index (κ1) is 15.5. The molecule has 5 rings (SSSR count). The van der Waals surface area contributed by atoms with Crippen molar-refractivity contribution in [3.8, 4) is 22.5 Å². The zero-order valence-electron chi connectivity index (χ0n) is 14.4. The molecule has 1 heterocycles. The normalized spacial score (nSPS) is 12.1. The Bertz CT molecular complexity index is 1250. The molecule has 0 amide bonds. The molecule has 0 unspecified atom stereocenters. The van der Waals surface area contributed by atoms with E-state index in [1.54, 1.807) is 12.1 Å². The molecular weight excluding hydrogens is 340 g/mol. The molecule has 0 atom stereocenters. The molecule has 27 heavy (non-hydrogen) atoms. The second kappa shape index (κ2) is 5.64. The summed E-state index contributed by atoms with van der Waals surface area (Å²) >= 11 is 0. The number of ketones is 1. The minimum absolute atomic E-state index is 0.0220. The zero-order valence-corrected chi connectivity index (χ0v) is 14.4. The van der Waals surface area contributed by atoms with Gasteiger partial charge in [-0.3, -0.25) is 4.79 Å². The van der Waals surface area contributed by atoms with Gasteiger partial charge in [-0.2, -0.15) is 0 Å². The summed E-state index contributed by atoms with van der Waals surface area (Å²) in [6, 6.07) is 18.5. The minimum Gasteiger partial charge on any atom is -0.465 e. The van der Waals surface area contributed by atoms with E-state index in [4.69, 9.17) is 4.74 Å².